The SMILES string of the molecule is COCCN1Cc2cc(C=CC(=O)N(C)Cc3c(C)[nH]c4ccccc34)cnc2NC1=O. The van der Waals surface area contributed by atoms with Crippen molar-refractivity contribution < 1.29 is 14.3 Å². The van der Waals surface area contributed by atoms with Gasteiger partial charge in [0.25, 0.3) is 0 Å². The minimum absolute atomic E-state index is 0.0950. The highest BCUT2D eigenvalue weighted by molar-refractivity contribution is 5.93. The fraction of sp³-hybridized carbons (Fsp3) is 0.292. The van der Waals surface area contributed by atoms with E-state index in [1.54, 1.807) is 42.3 Å². The number of methoxy groups -OCH3 is 1. The van der Waals surface area contributed by atoms with E-state index in [4.69, 9.17) is 4.74 Å². The largest absolute Gasteiger partial charge is 0.383 e. The van der Waals surface area contributed by atoms with Crippen molar-refractivity contribution in [2.45, 2.75) is 20.0 Å². The van der Waals surface area contributed by atoms with Crippen LogP contribution in [0.3, 0.4) is 0 Å². The molecule has 1 aliphatic heterocycles. The number of amides is 3. The number of rotatable bonds is 7. The molecule has 8 heteroatoms. The van der Waals surface area contributed by atoms with Crippen LogP contribution in [-0.4, -0.2) is 59.0 Å². The topological polar surface area (TPSA) is 90.6 Å². The summed E-state index contributed by atoms with van der Waals surface area (Å²) < 4.78 is 5.07. The second kappa shape index (κ2) is 9.23. The van der Waals surface area contributed by atoms with Gasteiger partial charge in [0.15, 0.2) is 0 Å². The number of fused-ring (bicyclic) bond motifs is 2. The Kier molecular flexibility index (Phi) is 6.23. The highest BCUT2D eigenvalue weighted by atomic mass is 16.5. The Morgan fingerprint density at radius 2 is 2.16 bits per heavy atom. The number of urea groups is 1. The van der Waals surface area contributed by atoms with Crippen LogP contribution < -0.4 is 5.32 Å². The fourth-order valence-electron chi connectivity index (χ4n) is 3.84. The van der Waals surface area contributed by atoms with E-state index in [1.807, 2.05) is 31.2 Å². The number of likely N-dealkylation sites (N-methyl/N-ethyl adjacent to an activating group) is 1. The van der Waals surface area contributed by atoms with Gasteiger partial charge < -0.3 is 19.5 Å². The van der Waals surface area contributed by atoms with Crippen LogP contribution in [0.25, 0.3) is 17.0 Å². The van der Waals surface area contributed by atoms with Gasteiger partial charge in [0.1, 0.15) is 5.82 Å². The molecule has 32 heavy (non-hydrogen) atoms. The number of para-hydroxylation sites is 1. The average Bonchev–Trinajstić information content (AvgIpc) is 3.11. The molecule has 0 unspecified atom stereocenters. The lowest BCUT2D eigenvalue weighted by Crippen LogP contribution is -2.40. The highest BCUT2D eigenvalue weighted by Gasteiger charge is 2.23. The summed E-state index contributed by atoms with van der Waals surface area (Å²) in [7, 11) is 3.40. The van der Waals surface area contributed by atoms with E-state index in [-0.39, 0.29) is 11.9 Å². The molecule has 0 spiro atoms. The van der Waals surface area contributed by atoms with Gasteiger partial charge in [-0.25, -0.2) is 9.78 Å². The summed E-state index contributed by atoms with van der Waals surface area (Å²) in [5.41, 5.74) is 4.96. The number of aromatic nitrogens is 2. The number of carbonyl (C=O) groups excluding carboxylic acids is 2. The van der Waals surface area contributed by atoms with Gasteiger partial charge in [-0.3, -0.25) is 10.1 Å². The monoisotopic (exact) mass is 433 g/mol. The number of aromatic amines is 1. The molecule has 8 nitrogen and oxygen atoms in total. The second-order valence-electron chi connectivity index (χ2n) is 7.92. The molecule has 0 radical (unpaired) electrons. The van der Waals surface area contributed by atoms with Crippen LogP contribution in [0.15, 0.2) is 42.6 Å². The quantitative estimate of drug-likeness (QED) is 0.558. The zero-order chi connectivity index (χ0) is 22.7. The smallest absolute Gasteiger partial charge is 0.323 e. The molecule has 3 heterocycles. The van der Waals surface area contributed by atoms with Crippen molar-refractivity contribution in [2.24, 2.45) is 0 Å². The summed E-state index contributed by atoms with van der Waals surface area (Å²) in [4.78, 5) is 35.9. The van der Waals surface area contributed by atoms with Crippen LogP contribution >= 0.6 is 0 Å². The number of nitrogens with one attached hydrogen (secondary N) is 2. The number of carbonyl (C=O) groups is 2. The summed E-state index contributed by atoms with van der Waals surface area (Å²) >= 11 is 0. The van der Waals surface area contributed by atoms with E-state index >= 15 is 0 Å². The Morgan fingerprint density at radius 1 is 1.34 bits per heavy atom. The van der Waals surface area contributed by atoms with E-state index in [9.17, 15) is 9.59 Å². The molecule has 4 rings (SSSR count). The Morgan fingerprint density at radius 3 is 2.97 bits per heavy atom. The first-order valence-corrected chi connectivity index (χ1v) is 10.5. The van der Waals surface area contributed by atoms with E-state index < -0.39 is 0 Å². The van der Waals surface area contributed by atoms with Gasteiger partial charge in [0.05, 0.1) is 13.2 Å². The third kappa shape index (κ3) is 4.50. The highest BCUT2D eigenvalue weighted by Crippen LogP contribution is 2.24. The van der Waals surface area contributed by atoms with E-state index in [2.05, 4.69) is 21.4 Å². The standard InChI is InChI=1S/C24H27N5O3/c1-16-20(19-6-4-5-7-21(19)26-16)15-28(2)22(30)9-8-17-12-18-14-29(10-11-32-3)24(31)27-23(18)25-13-17/h4-9,12-13,26H,10-11,14-15H2,1-3H3,(H,25,27,31). The van der Waals surface area contributed by atoms with Crippen molar-refractivity contribution in [3.05, 3.63) is 65.0 Å². The molecule has 1 aromatic carbocycles. The summed E-state index contributed by atoms with van der Waals surface area (Å²) in [6, 6.07) is 9.85. The van der Waals surface area contributed by atoms with Crippen LogP contribution in [0.1, 0.15) is 22.4 Å². The first kappa shape index (κ1) is 21.6. The summed E-state index contributed by atoms with van der Waals surface area (Å²) in [5, 5.41) is 3.92. The van der Waals surface area contributed by atoms with Gasteiger partial charge >= 0.3 is 6.03 Å². The molecule has 2 N–H and O–H groups in total. The van der Waals surface area contributed by atoms with Crippen molar-refractivity contribution in [1.82, 2.24) is 19.8 Å². The third-order valence-electron chi connectivity index (χ3n) is 5.64. The molecule has 0 saturated heterocycles. The zero-order valence-electron chi connectivity index (χ0n) is 18.5. The molecular formula is C24H27N5O3. The number of H-pyrrole nitrogens is 1. The Hall–Kier alpha value is -3.65. The summed E-state index contributed by atoms with van der Waals surface area (Å²) in [6.07, 6.45) is 4.96. The number of aryl methyl sites for hydroxylation is 1. The maximum absolute atomic E-state index is 12.7. The van der Waals surface area contributed by atoms with Crippen LogP contribution in [-0.2, 0) is 22.6 Å². The molecule has 3 amide bonds. The van der Waals surface area contributed by atoms with Crippen LogP contribution in [0.5, 0.6) is 0 Å². The second-order valence-corrected chi connectivity index (χ2v) is 7.92. The number of benzene rings is 1. The van der Waals surface area contributed by atoms with E-state index in [0.717, 1.165) is 33.3 Å². The molecule has 0 atom stereocenters. The van der Waals surface area contributed by atoms with Gasteiger partial charge in [-0.1, -0.05) is 18.2 Å². The molecule has 0 bridgehead atoms. The molecule has 1 aliphatic rings. The normalized spacial score (nSPS) is 13.5. The maximum atomic E-state index is 12.7. The first-order chi connectivity index (χ1) is 15.5. The van der Waals surface area contributed by atoms with Crippen LogP contribution in [0.2, 0.25) is 0 Å². The van der Waals surface area contributed by atoms with Crippen molar-refractivity contribution in [3.8, 4) is 0 Å². The predicted octanol–water partition coefficient (Wildman–Crippen LogP) is 3.54. The lowest BCUT2D eigenvalue weighted by Gasteiger charge is -2.28. The summed E-state index contributed by atoms with van der Waals surface area (Å²) in [6.45, 7) is 3.96. The number of ether oxygens (including phenoxy) is 1. The van der Waals surface area contributed by atoms with Crippen molar-refractivity contribution in [2.75, 3.05) is 32.6 Å². The summed E-state index contributed by atoms with van der Waals surface area (Å²) in [5.74, 6) is 0.460. The van der Waals surface area contributed by atoms with Crippen molar-refractivity contribution >= 4 is 34.7 Å². The fourth-order valence-corrected chi connectivity index (χ4v) is 3.84. The molecule has 0 saturated carbocycles. The number of hydrogen-bond acceptors (Lipinski definition) is 4. The Labute approximate surface area is 186 Å². The Balaban J connectivity index is 1.44. The van der Waals surface area contributed by atoms with Crippen molar-refractivity contribution in [3.63, 3.8) is 0 Å². The minimum Gasteiger partial charge on any atom is -0.383 e. The van der Waals surface area contributed by atoms with Gasteiger partial charge in [-0.05, 0) is 36.3 Å². The molecule has 0 aliphatic carbocycles. The molecule has 3 aromatic rings. The lowest BCUT2D eigenvalue weighted by molar-refractivity contribution is -0.125. The Bertz CT molecular complexity index is 1180. The average molecular weight is 434 g/mol. The van der Waals surface area contributed by atoms with Crippen molar-refractivity contribution in [1.29, 1.82) is 0 Å². The van der Waals surface area contributed by atoms with Crippen LogP contribution in [0.4, 0.5) is 10.6 Å². The molecular weight excluding hydrogens is 406 g/mol. The van der Waals surface area contributed by atoms with E-state index in [0.29, 0.717) is 32.1 Å². The first-order valence-electron chi connectivity index (χ1n) is 10.5. The van der Waals surface area contributed by atoms with Crippen LogP contribution in [0, 0.1) is 6.92 Å². The molecule has 2 aromatic heterocycles. The minimum atomic E-state index is -0.185. The number of pyridine rings is 1. The zero-order valence-corrected chi connectivity index (χ0v) is 18.5. The lowest BCUT2D eigenvalue weighted by atomic mass is 10.1. The number of anilines is 1. The third-order valence-corrected chi connectivity index (χ3v) is 5.64. The predicted molar refractivity (Wildman–Crippen MR) is 124 cm³/mol. The van der Waals surface area contributed by atoms with Gasteiger partial charge in [-0.15, -0.1) is 0 Å². The van der Waals surface area contributed by atoms with Gasteiger partial charge in [0, 0.05) is 61.7 Å². The molecule has 0 fully saturated rings. The molecule has 166 valence electrons. The number of nitrogens with zero attached hydrogens (tertiary/aromatic N) is 3. The van der Waals surface area contributed by atoms with Gasteiger partial charge in [-0.2, -0.15) is 0 Å². The number of hydrogen-bond donors (Lipinski definition) is 2. The van der Waals surface area contributed by atoms with E-state index in [1.165, 1.54) is 0 Å². The van der Waals surface area contributed by atoms with Gasteiger partial charge in [0.2, 0.25) is 5.91 Å². The maximum Gasteiger partial charge on any atom is 0.323 e.